The lowest BCUT2D eigenvalue weighted by Gasteiger charge is -2.43. The minimum absolute atomic E-state index is 0.327. The Labute approximate surface area is 163 Å². The number of fused-ring (bicyclic) bond motifs is 3. The van der Waals surface area contributed by atoms with Crippen LogP contribution in [0.3, 0.4) is 0 Å². The lowest BCUT2D eigenvalue weighted by atomic mass is 9.60. The van der Waals surface area contributed by atoms with E-state index < -0.39 is 24.5 Å². The molecule has 2 aromatic heterocycles. The molecule has 3 heterocycles. The highest BCUT2D eigenvalue weighted by molar-refractivity contribution is 6.14. The zero-order valence-electron chi connectivity index (χ0n) is 21.9. The van der Waals surface area contributed by atoms with Crippen molar-refractivity contribution in [3.05, 3.63) is 58.9 Å². The summed E-state index contributed by atoms with van der Waals surface area (Å²) in [4.78, 5) is 0. The van der Waals surface area contributed by atoms with E-state index in [4.69, 9.17) is 8.22 Å². The van der Waals surface area contributed by atoms with Gasteiger partial charge in [0, 0.05) is 35.4 Å². The molecule has 1 aliphatic rings. The quantitative estimate of drug-likeness (QED) is 0.302. The van der Waals surface area contributed by atoms with Crippen molar-refractivity contribution in [3.63, 3.8) is 0 Å². The van der Waals surface area contributed by atoms with Crippen molar-refractivity contribution in [1.29, 1.82) is 0 Å². The van der Waals surface area contributed by atoms with Crippen LogP contribution < -0.4 is 4.57 Å². The van der Waals surface area contributed by atoms with E-state index in [9.17, 15) is 0 Å². The fourth-order valence-corrected chi connectivity index (χ4v) is 4.82. The number of imidazole rings is 1. The molecule has 0 amide bonds. The number of aromatic nitrogens is 2. The topological polar surface area (TPSA) is 8.29 Å². The van der Waals surface area contributed by atoms with Crippen LogP contribution in [0, 0.1) is 13.8 Å². The molecular formula is C24H27N2+. The molecule has 132 valence electrons. The molecule has 0 aliphatic carbocycles. The van der Waals surface area contributed by atoms with Gasteiger partial charge in [0.25, 0.3) is 5.65 Å². The maximum Gasteiger partial charge on any atom is 0.295 e. The zero-order valence-corrected chi connectivity index (χ0v) is 15.9. The van der Waals surface area contributed by atoms with Gasteiger partial charge in [-0.1, -0.05) is 57.9 Å². The lowest BCUT2D eigenvalue weighted by molar-refractivity contribution is -0.643. The highest BCUT2D eigenvalue weighted by Gasteiger charge is 2.50. The second-order valence-corrected chi connectivity index (χ2v) is 8.31. The Balaban J connectivity index is 2.24. The molecule has 0 fully saturated rings. The largest absolute Gasteiger partial charge is 0.295 e. The Morgan fingerprint density at radius 2 is 1.69 bits per heavy atom. The van der Waals surface area contributed by atoms with E-state index in [1.54, 1.807) is 20.0 Å². The van der Waals surface area contributed by atoms with Crippen molar-refractivity contribution in [3.8, 4) is 0 Å². The molecule has 1 aliphatic heterocycles. The van der Waals surface area contributed by atoms with Gasteiger partial charge in [0.05, 0.1) is 12.4 Å². The van der Waals surface area contributed by atoms with Crippen LogP contribution in [0.2, 0.25) is 0 Å². The van der Waals surface area contributed by atoms with Gasteiger partial charge in [-0.25, -0.2) is 4.57 Å². The molecule has 0 bridgehead atoms. The van der Waals surface area contributed by atoms with Crippen LogP contribution in [0.1, 0.15) is 58.2 Å². The predicted octanol–water partition coefficient (Wildman–Crippen LogP) is 5.26. The third-order valence-corrected chi connectivity index (χ3v) is 6.47. The molecule has 2 aromatic carbocycles. The third kappa shape index (κ3) is 1.53. The molecule has 0 saturated heterocycles. The summed E-state index contributed by atoms with van der Waals surface area (Å²) < 4.78 is 55.4. The van der Waals surface area contributed by atoms with Gasteiger partial charge in [0.1, 0.15) is 11.7 Å². The minimum atomic E-state index is -2.77. The van der Waals surface area contributed by atoms with Crippen LogP contribution in [0.5, 0.6) is 0 Å². The number of pyridine rings is 1. The standard InChI is InChI=1S/C24H27N2/c1-14-9-8-10-16-19-15(2)11-12-17-21(19)26-18(24(5,6)23(17,3)4)13-25(7)22(26)20(14)16/h8-13H,1-7H3/q+1/i5D3,6D3. The Morgan fingerprint density at radius 1 is 0.962 bits per heavy atom. The molecule has 0 atom stereocenters. The number of aryl methyl sites for hydroxylation is 3. The predicted molar refractivity (Wildman–Crippen MR) is 109 cm³/mol. The first kappa shape index (κ1) is 10.7. The molecule has 4 aromatic rings. The minimum Gasteiger partial charge on any atom is -0.232 e. The van der Waals surface area contributed by atoms with Crippen LogP contribution in [-0.4, -0.2) is 4.40 Å². The lowest BCUT2D eigenvalue weighted by Crippen LogP contribution is -2.44. The Bertz CT molecular complexity index is 1440. The van der Waals surface area contributed by atoms with Gasteiger partial charge in [0.2, 0.25) is 0 Å². The first-order chi connectivity index (χ1) is 14.7. The van der Waals surface area contributed by atoms with Gasteiger partial charge in [-0.3, -0.25) is 0 Å². The number of nitrogens with zero attached hydrogens (tertiary/aromatic N) is 2. The molecule has 0 saturated carbocycles. The fraction of sp³-hybridized carbons (Fsp3) is 0.375. The number of rotatable bonds is 0. The van der Waals surface area contributed by atoms with E-state index in [0.717, 1.165) is 44.0 Å². The third-order valence-electron chi connectivity index (χ3n) is 6.47. The first-order valence-electron chi connectivity index (χ1n) is 12.0. The average Bonchev–Trinajstić information content (AvgIpc) is 2.96. The van der Waals surface area contributed by atoms with Crippen molar-refractivity contribution in [2.45, 2.75) is 52.2 Å². The molecule has 0 unspecified atom stereocenters. The number of benzene rings is 2. The molecular weight excluding hydrogens is 316 g/mol. The second kappa shape index (κ2) is 4.49. The molecule has 0 N–H and O–H groups in total. The van der Waals surface area contributed by atoms with Crippen molar-refractivity contribution < 1.29 is 12.8 Å². The highest BCUT2D eigenvalue weighted by Crippen LogP contribution is 2.51. The SMILES string of the molecule is [2H]C([2H])([2H])C1(C([2H])([2H])[2H])c2c[n+](C)c3c4c(C)cccc4c4c(C)ccc(c4n23)C1(C)C. The normalized spacial score (nSPS) is 22.0. The van der Waals surface area contributed by atoms with Crippen molar-refractivity contribution >= 4 is 27.3 Å². The summed E-state index contributed by atoms with van der Waals surface area (Å²) in [6.45, 7) is 2.11. The number of hydrogen-bond donors (Lipinski definition) is 0. The van der Waals surface area contributed by atoms with E-state index in [1.165, 1.54) is 0 Å². The van der Waals surface area contributed by atoms with Gasteiger partial charge in [-0.2, -0.15) is 4.40 Å². The smallest absolute Gasteiger partial charge is 0.232 e. The van der Waals surface area contributed by atoms with Crippen LogP contribution in [-0.2, 0) is 17.9 Å². The Kier molecular flexibility index (Phi) is 1.85. The summed E-state index contributed by atoms with van der Waals surface area (Å²) in [5, 5.41) is 3.15. The van der Waals surface area contributed by atoms with E-state index >= 15 is 0 Å². The van der Waals surface area contributed by atoms with E-state index in [-0.39, 0.29) is 0 Å². The molecule has 0 spiro atoms. The van der Waals surface area contributed by atoms with Gasteiger partial charge >= 0.3 is 0 Å². The molecule has 2 nitrogen and oxygen atoms in total. The van der Waals surface area contributed by atoms with Gasteiger partial charge < -0.3 is 0 Å². The molecule has 5 rings (SSSR count). The van der Waals surface area contributed by atoms with Crippen LogP contribution >= 0.6 is 0 Å². The summed E-state index contributed by atoms with van der Waals surface area (Å²) in [6.07, 6.45) is 1.73. The van der Waals surface area contributed by atoms with Crippen LogP contribution in [0.4, 0.5) is 0 Å². The van der Waals surface area contributed by atoms with Crippen molar-refractivity contribution in [2.75, 3.05) is 0 Å². The highest BCUT2D eigenvalue weighted by atomic mass is 15.1. The van der Waals surface area contributed by atoms with Gasteiger partial charge in [-0.15, -0.1) is 0 Å². The summed E-state index contributed by atoms with van der Waals surface area (Å²) in [6, 6.07) is 10.1. The van der Waals surface area contributed by atoms with Crippen molar-refractivity contribution in [2.24, 2.45) is 7.05 Å². The van der Waals surface area contributed by atoms with Crippen molar-refractivity contribution in [1.82, 2.24) is 4.40 Å². The molecule has 2 heteroatoms. The summed E-state index contributed by atoms with van der Waals surface area (Å²) in [7, 11) is 1.87. The van der Waals surface area contributed by atoms with Gasteiger partial charge in [-0.05, 0) is 25.0 Å². The maximum absolute atomic E-state index is 8.59. The zero-order chi connectivity index (χ0) is 23.6. The second-order valence-electron chi connectivity index (χ2n) is 8.31. The Morgan fingerprint density at radius 3 is 2.42 bits per heavy atom. The molecule has 26 heavy (non-hydrogen) atoms. The Hall–Kier alpha value is -2.35. The monoisotopic (exact) mass is 349 g/mol. The van der Waals surface area contributed by atoms with E-state index in [2.05, 4.69) is 13.0 Å². The van der Waals surface area contributed by atoms with Gasteiger partial charge in [0.15, 0.2) is 5.69 Å². The molecule has 0 radical (unpaired) electrons. The number of hydrogen-bond acceptors (Lipinski definition) is 0. The van der Waals surface area contributed by atoms with Crippen LogP contribution in [0.25, 0.3) is 27.3 Å². The first-order valence-corrected chi connectivity index (χ1v) is 9.04. The van der Waals surface area contributed by atoms with Crippen LogP contribution in [0.15, 0.2) is 36.5 Å². The fourth-order valence-electron chi connectivity index (χ4n) is 4.82. The summed E-state index contributed by atoms with van der Waals surface area (Å²) in [5.41, 5.74) is 1.69. The van der Waals surface area contributed by atoms with E-state index in [1.807, 2.05) is 47.2 Å². The summed E-state index contributed by atoms with van der Waals surface area (Å²) in [5.74, 6) is 0. The summed E-state index contributed by atoms with van der Waals surface area (Å²) >= 11 is 0. The maximum atomic E-state index is 8.59. The average molecular weight is 350 g/mol. The van der Waals surface area contributed by atoms with E-state index in [0.29, 0.717) is 5.69 Å².